The Morgan fingerprint density at radius 1 is 1.21 bits per heavy atom. The first-order chi connectivity index (χ1) is 9.13. The fourth-order valence-corrected chi connectivity index (χ4v) is 2.02. The number of rotatable bonds is 2. The SMILES string of the molecule is NC(c1ccc(Cl)cn1)c1cc2cc(F)ccc2o1. The number of nitrogens with zero attached hydrogens (tertiary/aromatic N) is 1. The van der Waals surface area contributed by atoms with Crippen LogP contribution in [-0.2, 0) is 0 Å². The molecule has 2 N–H and O–H groups in total. The lowest BCUT2D eigenvalue weighted by molar-refractivity contribution is 0.520. The van der Waals surface area contributed by atoms with E-state index >= 15 is 0 Å². The van der Waals surface area contributed by atoms with Gasteiger partial charge in [-0.3, -0.25) is 4.98 Å². The van der Waals surface area contributed by atoms with E-state index in [1.54, 1.807) is 24.3 Å². The Morgan fingerprint density at radius 3 is 2.79 bits per heavy atom. The maximum Gasteiger partial charge on any atom is 0.134 e. The van der Waals surface area contributed by atoms with Crippen LogP contribution < -0.4 is 5.73 Å². The highest BCUT2D eigenvalue weighted by atomic mass is 35.5. The van der Waals surface area contributed by atoms with Crippen LogP contribution >= 0.6 is 11.6 Å². The normalized spacial score (nSPS) is 12.8. The van der Waals surface area contributed by atoms with Crippen LogP contribution in [0.2, 0.25) is 5.02 Å². The Morgan fingerprint density at radius 2 is 2.05 bits per heavy atom. The van der Waals surface area contributed by atoms with Gasteiger partial charge in [0.15, 0.2) is 0 Å². The molecule has 0 aliphatic heterocycles. The van der Waals surface area contributed by atoms with Crippen molar-refractivity contribution >= 4 is 22.6 Å². The minimum absolute atomic E-state index is 0.307. The molecule has 2 aromatic heterocycles. The van der Waals surface area contributed by atoms with Gasteiger partial charge in [-0.1, -0.05) is 11.6 Å². The van der Waals surface area contributed by atoms with E-state index in [1.807, 2.05) is 0 Å². The molecule has 0 saturated heterocycles. The average molecular weight is 277 g/mol. The zero-order valence-electron chi connectivity index (χ0n) is 9.81. The monoisotopic (exact) mass is 276 g/mol. The van der Waals surface area contributed by atoms with E-state index in [0.29, 0.717) is 27.4 Å². The van der Waals surface area contributed by atoms with Crippen molar-refractivity contribution in [3.8, 4) is 0 Å². The molecule has 3 rings (SSSR count). The van der Waals surface area contributed by atoms with Crippen LogP contribution in [0.3, 0.4) is 0 Å². The van der Waals surface area contributed by atoms with Gasteiger partial charge in [0.25, 0.3) is 0 Å². The van der Waals surface area contributed by atoms with E-state index in [0.717, 1.165) is 0 Å². The molecule has 0 aliphatic rings. The highest BCUT2D eigenvalue weighted by Gasteiger charge is 2.15. The Hall–Kier alpha value is -1.91. The molecule has 3 aromatic rings. The van der Waals surface area contributed by atoms with Crippen molar-refractivity contribution in [3.05, 3.63) is 64.9 Å². The van der Waals surface area contributed by atoms with Crippen molar-refractivity contribution in [2.45, 2.75) is 6.04 Å². The fourth-order valence-electron chi connectivity index (χ4n) is 1.90. The van der Waals surface area contributed by atoms with Crippen LogP contribution in [0.1, 0.15) is 17.5 Å². The van der Waals surface area contributed by atoms with Gasteiger partial charge in [0.2, 0.25) is 0 Å². The molecule has 1 atom stereocenters. The number of hydrogen-bond acceptors (Lipinski definition) is 3. The standard InChI is InChI=1S/C14H10ClFN2O/c15-9-1-3-11(18-7-9)14(17)13-6-8-5-10(16)2-4-12(8)19-13/h1-7,14H,17H2. The number of hydrogen-bond donors (Lipinski definition) is 1. The smallest absolute Gasteiger partial charge is 0.134 e. The molecular formula is C14H10ClFN2O. The van der Waals surface area contributed by atoms with Crippen LogP contribution in [-0.4, -0.2) is 4.98 Å². The molecule has 5 heteroatoms. The molecule has 0 spiro atoms. The van der Waals surface area contributed by atoms with Gasteiger partial charge < -0.3 is 10.2 Å². The second-order valence-corrected chi connectivity index (χ2v) is 4.65. The third-order valence-electron chi connectivity index (χ3n) is 2.87. The number of pyridine rings is 1. The van der Waals surface area contributed by atoms with E-state index in [2.05, 4.69) is 4.98 Å². The highest BCUT2D eigenvalue weighted by Crippen LogP contribution is 2.26. The minimum atomic E-state index is -0.507. The molecule has 19 heavy (non-hydrogen) atoms. The summed E-state index contributed by atoms with van der Waals surface area (Å²) in [6.07, 6.45) is 1.53. The van der Waals surface area contributed by atoms with Gasteiger partial charge in [0.1, 0.15) is 23.2 Å². The van der Waals surface area contributed by atoms with Crippen molar-refractivity contribution in [2.24, 2.45) is 5.73 Å². The van der Waals surface area contributed by atoms with Gasteiger partial charge in [-0.05, 0) is 36.4 Å². The van der Waals surface area contributed by atoms with Crippen molar-refractivity contribution < 1.29 is 8.81 Å². The Labute approximate surface area is 113 Å². The second-order valence-electron chi connectivity index (χ2n) is 4.21. The molecular weight excluding hydrogens is 267 g/mol. The maximum atomic E-state index is 13.1. The molecule has 0 saturated carbocycles. The predicted molar refractivity (Wildman–Crippen MR) is 71.4 cm³/mol. The lowest BCUT2D eigenvalue weighted by Crippen LogP contribution is -2.12. The number of halogens is 2. The lowest BCUT2D eigenvalue weighted by Gasteiger charge is -2.07. The Kier molecular flexibility index (Phi) is 2.97. The van der Waals surface area contributed by atoms with Crippen LogP contribution in [0.25, 0.3) is 11.0 Å². The Balaban J connectivity index is 2.01. The van der Waals surface area contributed by atoms with Crippen molar-refractivity contribution in [2.75, 3.05) is 0 Å². The molecule has 0 bridgehead atoms. The number of furan rings is 1. The number of nitrogens with two attached hydrogens (primary N) is 1. The molecule has 0 radical (unpaired) electrons. The maximum absolute atomic E-state index is 13.1. The fraction of sp³-hybridized carbons (Fsp3) is 0.0714. The van der Waals surface area contributed by atoms with Crippen LogP contribution in [0.5, 0.6) is 0 Å². The molecule has 3 nitrogen and oxygen atoms in total. The average Bonchev–Trinajstić information content (AvgIpc) is 2.81. The third kappa shape index (κ3) is 2.32. The highest BCUT2D eigenvalue weighted by molar-refractivity contribution is 6.30. The molecule has 0 amide bonds. The first kappa shape index (κ1) is 12.1. The van der Waals surface area contributed by atoms with Crippen LogP contribution in [0, 0.1) is 5.82 Å². The number of aromatic nitrogens is 1. The number of fused-ring (bicyclic) bond motifs is 1. The van der Waals surface area contributed by atoms with E-state index in [-0.39, 0.29) is 5.82 Å². The summed E-state index contributed by atoms with van der Waals surface area (Å²) in [5.41, 5.74) is 7.32. The summed E-state index contributed by atoms with van der Waals surface area (Å²) in [5, 5.41) is 1.22. The van der Waals surface area contributed by atoms with Gasteiger partial charge in [-0.2, -0.15) is 0 Å². The molecule has 2 heterocycles. The summed E-state index contributed by atoms with van der Waals surface area (Å²) < 4.78 is 18.7. The van der Waals surface area contributed by atoms with Crippen LogP contribution in [0.15, 0.2) is 47.0 Å². The first-order valence-corrected chi connectivity index (χ1v) is 6.07. The van der Waals surface area contributed by atoms with Gasteiger partial charge in [-0.25, -0.2) is 4.39 Å². The molecule has 0 aliphatic carbocycles. The summed E-state index contributed by atoms with van der Waals surface area (Å²) in [5.74, 6) is 0.230. The van der Waals surface area contributed by atoms with Crippen molar-refractivity contribution in [3.63, 3.8) is 0 Å². The zero-order valence-corrected chi connectivity index (χ0v) is 10.6. The van der Waals surface area contributed by atoms with Gasteiger partial charge >= 0.3 is 0 Å². The third-order valence-corrected chi connectivity index (χ3v) is 3.10. The zero-order chi connectivity index (χ0) is 13.4. The summed E-state index contributed by atoms with van der Waals surface area (Å²) in [6, 6.07) is 9.00. The van der Waals surface area contributed by atoms with E-state index in [9.17, 15) is 4.39 Å². The summed E-state index contributed by atoms with van der Waals surface area (Å²) in [4.78, 5) is 4.15. The summed E-state index contributed by atoms with van der Waals surface area (Å²) in [7, 11) is 0. The summed E-state index contributed by atoms with van der Waals surface area (Å²) in [6.45, 7) is 0. The molecule has 0 fully saturated rings. The van der Waals surface area contributed by atoms with E-state index in [1.165, 1.54) is 18.3 Å². The molecule has 1 unspecified atom stereocenters. The Bertz CT molecular complexity index is 724. The van der Waals surface area contributed by atoms with E-state index in [4.69, 9.17) is 21.8 Å². The summed E-state index contributed by atoms with van der Waals surface area (Å²) >= 11 is 5.78. The largest absolute Gasteiger partial charge is 0.459 e. The van der Waals surface area contributed by atoms with Gasteiger partial charge in [0.05, 0.1) is 10.7 Å². The van der Waals surface area contributed by atoms with Crippen LogP contribution in [0.4, 0.5) is 4.39 Å². The quantitative estimate of drug-likeness (QED) is 0.777. The first-order valence-electron chi connectivity index (χ1n) is 5.69. The van der Waals surface area contributed by atoms with Crippen molar-refractivity contribution in [1.82, 2.24) is 4.98 Å². The lowest BCUT2D eigenvalue weighted by atomic mass is 10.1. The second kappa shape index (κ2) is 4.64. The minimum Gasteiger partial charge on any atom is -0.459 e. The topological polar surface area (TPSA) is 52.0 Å². The van der Waals surface area contributed by atoms with Gasteiger partial charge in [-0.15, -0.1) is 0 Å². The molecule has 96 valence electrons. The molecule has 1 aromatic carbocycles. The van der Waals surface area contributed by atoms with E-state index < -0.39 is 6.04 Å². The van der Waals surface area contributed by atoms with Gasteiger partial charge in [0, 0.05) is 11.6 Å². The predicted octanol–water partition coefficient (Wildman–Crippen LogP) is 3.67. The number of benzene rings is 1. The van der Waals surface area contributed by atoms with Crippen molar-refractivity contribution in [1.29, 1.82) is 0 Å².